The Bertz CT molecular complexity index is 2940. The van der Waals surface area contributed by atoms with Crippen molar-refractivity contribution < 1.29 is 42.9 Å². The monoisotopic (exact) mass is 1260 g/mol. The number of hydrogen-bond acceptors (Lipinski definition) is 8. The maximum absolute atomic E-state index is 13.9. The average molecular weight is 1260 g/mol. The van der Waals surface area contributed by atoms with Crippen LogP contribution in [0.2, 0.25) is 5.04 Å². The molecule has 1 fully saturated rings. The van der Waals surface area contributed by atoms with Gasteiger partial charge in [-0.1, -0.05) is 273 Å². The standard InChI is InChI=1S/C43H54N2O4Si.C21H23NO4.C8H18.C4H8O.2CH4/c1-7-45(28-18-19-29-49-50(43(4,5)6,33-20-10-8-11-21-33)34-22-12-9-13-23-34)41(46)40(30-32(2)3)44-42(47)48-31-39-37-26-16-14-24-35(37)36-25-15-17-27-38(36)39;1-13(2)11-19(20(23)24)22-21(25)26-12-18-16-9-5-3-7-14(16)15-8-4-6-10-17(15)18;1-3-5-7-8-6-4-2;1-2-4-5-3-1;;/h8-17,20-27,32,39-40H,7,18-19,28-31H2,1-6H3,(H,44,47);3-10,13,18-19H,11-12H2,1-2H3,(H,22,25)(H,23,24);3-8H2,1-2H3;1-4H2;2*1H4/t40-;19-;;;;/m00..../s1. The SMILES string of the molecule is C.C.C1CCOC1.CC(C)C[C@H](NC(=O)OCC1c2ccccc2-c2ccccc21)C(=O)O.CCCCCCCC.CCN(CCCCO[Si](c1ccccc1)(c1ccccc1)C(C)(C)C)C(=O)[C@H](CC(C)C)NC(=O)OCC1c2ccccc2-c2ccccc21. The van der Waals surface area contributed by atoms with E-state index < -0.39 is 38.6 Å². The van der Waals surface area contributed by atoms with Gasteiger partial charge < -0.3 is 39.3 Å². The molecule has 9 rings (SSSR count). The Kier molecular flexibility index (Phi) is 33.0. The number of carbonyl (C=O) groups excluding carboxylic acids is 3. The van der Waals surface area contributed by atoms with Crippen molar-refractivity contribution in [2.75, 3.05) is 46.1 Å². The van der Waals surface area contributed by atoms with Crippen LogP contribution < -0.4 is 21.0 Å². The van der Waals surface area contributed by atoms with Crippen LogP contribution in [0, 0.1) is 11.8 Å². The lowest BCUT2D eigenvalue weighted by Crippen LogP contribution is -2.66. The summed E-state index contributed by atoms with van der Waals surface area (Å²) < 4.78 is 23.2. The van der Waals surface area contributed by atoms with Crippen LogP contribution in [0.25, 0.3) is 22.3 Å². The number of likely N-dealkylation sites (N-methyl/N-ethyl adjacent to an activating group) is 1. The lowest BCUT2D eigenvalue weighted by Gasteiger charge is -2.43. The average Bonchev–Trinajstić information content (AvgIpc) is 0.887. The Labute approximate surface area is 548 Å². The second-order valence-electron chi connectivity index (χ2n) is 25.5. The number of fused-ring (bicyclic) bond motifs is 6. The Morgan fingerprint density at radius 1 is 0.538 bits per heavy atom. The first-order valence-corrected chi connectivity index (χ1v) is 34.9. The van der Waals surface area contributed by atoms with Crippen LogP contribution in [0.1, 0.15) is 195 Å². The Morgan fingerprint density at radius 2 is 0.912 bits per heavy atom. The molecule has 6 aromatic rings. The highest BCUT2D eigenvalue weighted by molar-refractivity contribution is 6.99. The molecule has 1 heterocycles. The summed E-state index contributed by atoms with van der Waals surface area (Å²) in [7, 11) is -2.61. The van der Waals surface area contributed by atoms with Crippen molar-refractivity contribution in [2.45, 2.75) is 190 Å². The number of carbonyl (C=O) groups is 4. The van der Waals surface area contributed by atoms with Crippen LogP contribution in [-0.2, 0) is 28.2 Å². The van der Waals surface area contributed by atoms with Crippen LogP contribution in [0.3, 0.4) is 0 Å². The van der Waals surface area contributed by atoms with Gasteiger partial charge in [-0.05, 0) is 117 Å². The number of ether oxygens (including phenoxy) is 3. The summed E-state index contributed by atoms with van der Waals surface area (Å²) in [5, 5.41) is 17.1. The largest absolute Gasteiger partial charge is 0.480 e. The van der Waals surface area contributed by atoms with Crippen LogP contribution >= 0.6 is 0 Å². The Morgan fingerprint density at radius 3 is 1.25 bits per heavy atom. The number of nitrogens with zero attached hydrogens (tertiary/aromatic N) is 1. The zero-order valence-corrected chi connectivity index (χ0v) is 56.1. The molecule has 3 amide bonds. The quantitative estimate of drug-likeness (QED) is 0.0356. The van der Waals surface area contributed by atoms with E-state index in [1.165, 1.54) is 72.9 Å². The molecule has 496 valence electrons. The van der Waals surface area contributed by atoms with E-state index in [0.29, 0.717) is 32.5 Å². The first kappa shape index (κ1) is 76.4. The molecule has 0 saturated carbocycles. The van der Waals surface area contributed by atoms with Crippen molar-refractivity contribution in [3.05, 3.63) is 180 Å². The van der Waals surface area contributed by atoms with E-state index >= 15 is 0 Å². The van der Waals surface area contributed by atoms with Crippen molar-refractivity contribution >= 4 is 42.8 Å². The minimum absolute atomic E-state index is 0. The molecule has 2 atom stereocenters. The number of aliphatic carboxylic acids is 1. The number of carboxylic acid groups (broad SMARTS) is 1. The number of benzene rings is 6. The van der Waals surface area contributed by atoms with E-state index in [1.807, 2.05) is 86.3 Å². The van der Waals surface area contributed by atoms with E-state index in [2.05, 4.69) is 156 Å². The summed E-state index contributed by atoms with van der Waals surface area (Å²) in [5.74, 6) is -0.816. The van der Waals surface area contributed by atoms with Gasteiger partial charge in [0.15, 0.2) is 0 Å². The summed E-state index contributed by atoms with van der Waals surface area (Å²) in [5.41, 5.74) is 9.23. The molecule has 13 heteroatoms. The van der Waals surface area contributed by atoms with Gasteiger partial charge in [-0.25, -0.2) is 14.4 Å². The fourth-order valence-corrected chi connectivity index (χ4v) is 17.0. The number of rotatable bonds is 26. The maximum atomic E-state index is 13.9. The van der Waals surface area contributed by atoms with E-state index in [1.54, 1.807) is 0 Å². The number of hydrogen-bond donors (Lipinski definition) is 3. The Hall–Kier alpha value is -7.06. The molecule has 0 spiro atoms. The molecule has 2 aliphatic carbocycles. The zero-order chi connectivity index (χ0) is 64.2. The predicted octanol–water partition coefficient (Wildman–Crippen LogP) is 17.6. The molecule has 6 aromatic carbocycles. The molecule has 3 N–H and O–H groups in total. The molecule has 0 bridgehead atoms. The molecule has 0 aromatic heterocycles. The molecule has 1 aliphatic heterocycles. The van der Waals surface area contributed by atoms with Gasteiger partial charge in [0.1, 0.15) is 25.3 Å². The van der Waals surface area contributed by atoms with Gasteiger partial charge in [0, 0.05) is 44.7 Å². The van der Waals surface area contributed by atoms with Gasteiger partial charge in [0.05, 0.1) is 0 Å². The zero-order valence-electron chi connectivity index (χ0n) is 55.1. The van der Waals surface area contributed by atoms with Crippen LogP contribution in [-0.4, -0.2) is 101 Å². The number of unbranched alkanes of at least 4 members (excludes halogenated alkanes) is 6. The second-order valence-corrected chi connectivity index (χ2v) is 29.8. The summed E-state index contributed by atoms with van der Waals surface area (Å²) in [6.45, 7) is 25.5. The normalized spacial score (nSPS) is 13.5. The first-order valence-electron chi connectivity index (χ1n) is 33.0. The summed E-state index contributed by atoms with van der Waals surface area (Å²) in [6.07, 6.45) is 12.3. The van der Waals surface area contributed by atoms with Gasteiger partial charge in [-0.15, -0.1) is 0 Å². The van der Waals surface area contributed by atoms with Crippen LogP contribution in [0.15, 0.2) is 158 Å². The third-order valence-corrected chi connectivity index (χ3v) is 21.9. The van der Waals surface area contributed by atoms with E-state index in [-0.39, 0.29) is 62.7 Å². The highest BCUT2D eigenvalue weighted by Crippen LogP contribution is 2.46. The molecule has 91 heavy (non-hydrogen) atoms. The minimum atomic E-state index is -2.61. The molecule has 0 radical (unpaired) electrons. The van der Waals surface area contributed by atoms with E-state index in [0.717, 1.165) is 59.4 Å². The van der Waals surface area contributed by atoms with Gasteiger partial charge in [0.25, 0.3) is 8.32 Å². The highest BCUT2D eigenvalue weighted by atomic mass is 28.4. The van der Waals surface area contributed by atoms with Crippen molar-refractivity contribution in [3.63, 3.8) is 0 Å². The van der Waals surface area contributed by atoms with Gasteiger partial charge in [0.2, 0.25) is 5.91 Å². The topological polar surface area (TPSA) is 153 Å². The summed E-state index contributed by atoms with van der Waals surface area (Å²) in [4.78, 5) is 52.4. The molecule has 3 aliphatic rings. The fourth-order valence-electron chi connectivity index (χ4n) is 12.4. The molecule has 0 unspecified atom stereocenters. The van der Waals surface area contributed by atoms with Crippen molar-refractivity contribution in [2.24, 2.45) is 11.8 Å². The highest BCUT2D eigenvalue weighted by Gasteiger charge is 2.50. The lowest BCUT2D eigenvalue weighted by molar-refractivity contribution is -0.139. The van der Waals surface area contributed by atoms with Crippen LogP contribution in [0.4, 0.5) is 9.59 Å². The first-order chi connectivity index (χ1) is 42.9. The number of amides is 3. The third kappa shape index (κ3) is 22.1. The van der Waals surface area contributed by atoms with Gasteiger partial charge in [-0.3, -0.25) is 4.79 Å². The van der Waals surface area contributed by atoms with Crippen LogP contribution in [0.5, 0.6) is 0 Å². The Balaban J connectivity index is 0.000000355. The van der Waals surface area contributed by atoms with Crippen molar-refractivity contribution in [1.29, 1.82) is 0 Å². The molecular formula is C78H111N3O9Si. The van der Waals surface area contributed by atoms with E-state index in [4.69, 9.17) is 18.6 Å². The molecular weight excluding hydrogens is 1150 g/mol. The second kappa shape index (κ2) is 39.4. The number of alkyl carbamates (subject to hydrolysis) is 2. The summed E-state index contributed by atoms with van der Waals surface area (Å²) in [6, 6.07) is 52.5. The van der Waals surface area contributed by atoms with E-state index in [9.17, 15) is 24.3 Å². The summed E-state index contributed by atoms with van der Waals surface area (Å²) >= 11 is 0. The van der Waals surface area contributed by atoms with Gasteiger partial charge >= 0.3 is 18.2 Å². The fraction of sp³-hybridized carbons (Fsp3) is 0.487. The number of carboxylic acids is 1. The number of nitrogens with one attached hydrogen (secondary N) is 2. The molecule has 12 nitrogen and oxygen atoms in total. The predicted molar refractivity (Wildman–Crippen MR) is 378 cm³/mol. The maximum Gasteiger partial charge on any atom is 0.407 e. The smallest absolute Gasteiger partial charge is 0.407 e. The van der Waals surface area contributed by atoms with Crippen molar-refractivity contribution in [1.82, 2.24) is 15.5 Å². The van der Waals surface area contributed by atoms with Gasteiger partial charge in [-0.2, -0.15) is 0 Å². The third-order valence-electron chi connectivity index (χ3n) is 16.8. The molecule has 1 saturated heterocycles. The minimum Gasteiger partial charge on any atom is -0.480 e. The van der Waals surface area contributed by atoms with Crippen molar-refractivity contribution in [3.8, 4) is 22.3 Å². The lowest BCUT2D eigenvalue weighted by atomic mass is 9.98.